The third kappa shape index (κ3) is 3.27. The highest BCUT2D eigenvalue weighted by Gasteiger charge is 2.15. The van der Waals surface area contributed by atoms with Gasteiger partial charge in [-0.25, -0.2) is 0 Å². The lowest BCUT2D eigenvalue weighted by atomic mass is 10.2. The second-order valence-corrected chi connectivity index (χ2v) is 4.54. The van der Waals surface area contributed by atoms with Crippen molar-refractivity contribution >= 4 is 18.2 Å². The van der Waals surface area contributed by atoms with E-state index in [0.717, 1.165) is 36.9 Å². The van der Waals surface area contributed by atoms with Crippen LogP contribution in [-0.4, -0.2) is 30.7 Å². The highest BCUT2D eigenvalue weighted by Crippen LogP contribution is 2.23. The summed E-state index contributed by atoms with van der Waals surface area (Å²) in [5.41, 5.74) is 1.14. The zero-order chi connectivity index (χ0) is 12.3. The van der Waals surface area contributed by atoms with E-state index in [2.05, 4.69) is 48.1 Å². The van der Waals surface area contributed by atoms with Crippen LogP contribution in [0.15, 0.2) is 12.1 Å². The Bertz CT molecular complexity index is 384. The van der Waals surface area contributed by atoms with Gasteiger partial charge >= 0.3 is 0 Å². The molecule has 0 saturated carbocycles. The number of pyridine rings is 1. The number of nitrogens with zero attached hydrogens (tertiary/aromatic N) is 2. The first kappa shape index (κ1) is 15.1. The van der Waals surface area contributed by atoms with E-state index in [1.54, 1.807) is 0 Å². The van der Waals surface area contributed by atoms with Crippen molar-refractivity contribution in [2.24, 2.45) is 0 Å². The Morgan fingerprint density at radius 3 is 2.89 bits per heavy atom. The van der Waals surface area contributed by atoms with Crippen LogP contribution in [0.5, 0.6) is 5.88 Å². The lowest BCUT2D eigenvalue weighted by Gasteiger charge is -2.26. The zero-order valence-corrected chi connectivity index (χ0v) is 12.1. The lowest BCUT2D eigenvalue weighted by Crippen LogP contribution is -2.31. The molecule has 0 fully saturated rings. The molecule has 1 aliphatic rings. The van der Waals surface area contributed by atoms with E-state index in [1.165, 1.54) is 0 Å². The summed E-state index contributed by atoms with van der Waals surface area (Å²) >= 11 is 0. The van der Waals surface area contributed by atoms with Gasteiger partial charge in [-0.3, -0.25) is 0 Å². The van der Waals surface area contributed by atoms with Gasteiger partial charge in [-0.1, -0.05) is 0 Å². The van der Waals surface area contributed by atoms with Crippen molar-refractivity contribution in [1.82, 2.24) is 10.3 Å². The highest BCUT2D eigenvalue weighted by atomic mass is 35.5. The zero-order valence-electron chi connectivity index (χ0n) is 11.3. The van der Waals surface area contributed by atoms with Gasteiger partial charge in [-0.15, -0.1) is 12.4 Å². The molecule has 1 aliphatic heterocycles. The molecular formula is C13H22ClN3O. The van der Waals surface area contributed by atoms with Gasteiger partial charge in [0, 0.05) is 31.2 Å². The van der Waals surface area contributed by atoms with Gasteiger partial charge in [-0.05, 0) is 32.9 Å². The van der Waals surface area contributed by atoms with E-state index in [-0.39, 0.29) is 12.4 Å². The molecule has 0 atom stereocenters. The second kappa shape index (κ2) is 6.81. The molecule has 1 N–H and O–H groups in total. The first-order chi connectivity index (χ1) is 8.22. The van der Waals surface area contributed by atoms with Crippen LogP contribution in [0, 0.1) is 0 Å². The van der Waals surface area contributed by atoms with Gasteiger partial charge in [0.1, 0.15) is 12.4 Å². The minimum absolute atomic E-state index is 0. The van der Waals surface area contributed by atoms with E-state index < -0.39 is 0 Å². The monoisotopic (exact) mass is 271 g/mol. The van der Waals surface area contributed by atoms with Gasteiger partial charge in [0.05, 0.1) is 0 Å². The van der Waals surface area contributed by atoms with Crippen molar-refractivity contribution < 1.29 is 4.74 Å². The number of anilines is 1. The van der Waals surface area contributed by atoms with Crippen LogP contribution in [-0.2, 0) is 6.54 Å². The summed E-state index contributed by atoms with van der Waals surface area (Å²) < 4.78 is 5.66. The Labute approximate surface area is 115 Å². The number of rotatable bonds is 3. The Kier molecular flexibility index (Phi) is 5.69. The molecule has 5 heteroatoms. The van der Waals surface area contributed by atoms with Crippen molar-refractivity contribution in [1.29, 1.82) is 0 Å². The van der Waals surface area contributed by atoms with Crippen LogP contribution >= 0.6 is 12.4 Å². The molecule has 0 amide bonds. The number of aromatic nitrogens is 1. The lowest BCUT2D eigenvalue weighted by molar-refractivity contribution is 0.314. The largest absolute Gasteiger partial charge is 0.476 e. The molecule has 1 aromatic heterocycles. The SMILES string of the molecule is CCN(c1ccc2c(n1)OCCNC2)C(C)C.Cl. The molecule has 0 saturated heterocycles. The average Bonchev–Trinajstić information content (AvgIpc) is 2.54. The number of halogens is 1. The first-order valence-electron chi connectivity index (χ1n) is 6.32. The molecule has 0 spiro atoms. The molecule has 0 bridgehead atoms. The molecule has 4 nitrogen and oxygen atoms in total. The fourth-order valence-corrected chi connectivity index (χ4v) is 2.11. The minimum Gasteiger partial charge on any atom is -0.476 e. The number of fused-ring (bicyclic) bond motifs is 1. The number of hydrogen-bond donors (Lipinski definition) is 1. The molecule has 0 aromatic carbocycles. The van der Waals surface area contributed by atoms with E-state index in [0.29, 0.717) is 12.6 Å². The second-order valence-electron chi connectivity index (χ2n) is 4.54. The summed E-state index contributed by atoms with van der Waals surface area (Å²) in [6, 6.07) is 4.65. The normalized spacial score (nSPS) is 14.2. The maximum atomic E-state index is 5.66. The van der Waals surface area contributed by atoms with Gasteiger partial charge in [0.2, 0.25) is 5.88 Å². The Morgan fingerprint density at radius 2 is 2.22 bits per heavy atom. The van der Waals surface area contributed by atoms with Gasteiger partial charge in [-0.2, -0.15) is 4.98 Å². The van der Waals surface area contributed by atoms with Crippen LogP contribution < -0.4 is 15.0 Å². The number of hydrogen-bond acceptors (Lipinski definition) is 4. The Balaban J connectivity index is 0.00000162. The Hall–Kier alpha value is -1.00. The summed E-state index contributed by atoms with van der Waals surface area (Å²) in [6.07, 6.45) is 0. The van der Waals surface area contributed by atoms with Crippen molar-refractivity contribution in [2.45, 2.75) is 33.4 Å². The molecule has 102 valence electrons. The third-order valence-electron chi connectivity index (χ3n) is 3.02. The number of nitrogens with one attached hydrogen (secondary N) is 1. The maximum absolute atomic E-state index is 5.66. The standard InChI is InChI=1S/C13H21N3O.ClH/c1-4-16(10(2)3)12-6-5-11-9-14-7-8-17-13(11)15-12;/h5-6,10,14H,4,7-9H2,1-3H3;1H. The predicted molar refractivity (Wildman–Crippen MR) is 76.8 cm³/mol. The predicted octanol–water partition coefficient (Wildman–Crippen LogP) is 2.22. The number of ether oxygens (including phenoxy) is 1. The van der Waals surface area contributed by atoms with Gasteiger partial charge in [0.25, 0.3) is 0 Å². The Morgan fingerprint density at radius 1 is 1.44 bits per heavy atom. The third-order valence-corrected chi connectivity index (χ3v) is 3.02. The van der Waals surface area contributed by atoms with E-state index in [9.17, 15) is 0 Å². The summed E-state index contributed by atoms with van der Waals surface area (Å²) in [5.74, 6) is 1.79. The first-order valence-corrected chi connectivity index (χ1v) is 6.32. The van der Waals surface area contributed by atoms with E-state index >= 15 is 0 Å². The van der Waals surface area contributed by atoms with Crippen LogP contribution in [0.25, 0.3) is 0 Å². The van der Waals surface area contributed by atoms with E-state index in [1.807, 2.05) is 0 Å². The van der Waals surface area contributed by atoms with Crippen LogP contribution in [0.3, 0.4) is 0 Å². The molecule has 1 aromatic rings. The van der Waals surface area contributed by atoms with Crippen LogP contribution in [0.4, 0.5) is 5.82 Å². The molecule has 2 heterocycles. The summed E-state index contributed by atoms with van der Waals surface area (Å²) in [4.78, 5) is 6.90. The summed E-state index contributed by atoms with van der Waals surface area (Å²) in [7, 11) is 0. The quantitative estimate of drug-likeness (QED) is 0.915. The molecule has 18 heavy (non-hydrogen) atoms. The van der Waals surface area contributed by atoms with Crippen molar-refractivity contribution in [3.8, 4) is 5.88 Å². The molecule has 0 aliphatic carbocycles. The van der Waals surface area contributed by atoms with Gasteiger partial charge in [0.15, 0.2) is 0 Å². The highest BCUT2D eigenvalue weighted by molar-refractivity contribution is 5.85. The minimum atomic E-state index is 0. The fraction of sp³-hybridized carbons (Fsp3) is 0.615. The van der Waals surface area contributed by atoms with Crippen molar-refractivity contribution in [3.05, 3.63) is 17.7 Å². The fourth-order valence-electron chi connectivity index (χ4n) is 2.11. The van der Waals surface area contributed by atoms with Crippen molar-refractivity contribution in [3.63, 3.8) is 0 Å². The molecule has 0 radical (unpaired) electrons. The topological polar surface area (TPSA) is 37.4 Å². The summed E-state index contributed by atoms with van der Waals surface area (Å²) in [6.45, 7) is 9.89. The van der Waals surface area contributed by atoms with Gasteiger partial charge < -0.3 is 15.0 Å². The summed E-state index contributed by atoms with van der Waals surface area (Å²) in [5, 5.41) is 3.31. The maximum Gasteiger partial charge on any atom is 0.219 e. The van der Waals surface area contributed by atoms with Crippen LogP contribution in [0.2, 0.25) is 0 Å². The average molecular weight is 272 g/mol. The van der Waals surface area contributed by atoms with E-state index in [4.69, 9.17) is 4.74 Å². The van der Waals surface area contributed by atoms with Crippen molar-refractivity contribution in [2.75, 3.05) is 24.6 Å². The molecular weight excluding hydrogens is 250 g/mol. The molecule has 0 unspecified atom stereocenters. The molecule has 2 rings (SSSR count). The van der Waals surface area contributed by atoms with Crippen LogP contribution in [0.1, 0.15) is 26.3 Å². The smallest absolute Gasteiger partial charge is 0.219 e.